The summed E-state index contributed by atoms with van der Waals surface area (Å²) in [6.45, 7) is 0.442. The minimum Gasteiger partial charge on any atom is -0.363 e. The number of pyridine rings is 1. The summed E-state index contributed by atoms with van der Waals surface area (Å²) in [7, 11) is 0. The second-order valence-corrected chi connectivity index (χ2v) is 4.20. The van der Waals surface area contributed by atoms with Gasteiger partial charge >= 0.3 is 0 Å². The van der Waals surface area contributed by atoms with Crippen LogP contribution in [0.3, 0.4) is 0 Å². The van der Waals surface area contributed by atoms with Crippen LogP contribution in [-0.2, 0) is 6.54 Å². The van der Waals surface area contributed by atoms with Gasteiger partial charge in [0.1, 0.15) is 12.0 Å². The fourth-order valence-corrected chi connectivity index (χ4v) is 1.74. The maximum Gasteiger partial charge on any atom is 0.288 e. The van der Waals surface area contributed by atoms with Crippen LogP contribution in [0.2, 0.25) is 0 Å². The van der Waals surface area contributed by atoms with Crippen molar-refractivity contribution in [2.24, 2.45) is 0 Å². The van der Waals surface area contributed by atoms with Gasteiger partial charge in [-0.15, -0.1) is 0 Å². The van der Waals surface area contributed by atoms with Gasteiger partial charge in [-0.1, -0.05) is 0 Å². The van der Waals surface area contributed by atoms with E-state index in [0.29, 0.717) is 16.8 Å². The van der Waals surface area contributed by atoms with E-state index in [0.717, 1.165) is 5.69 Å². The van der Waals surface area contributed by atoms with Crippen LogP contribution in [0.4, 0.5) is 11.5 Å². The molecule has 0 radical (unpaired) electrons. The molecule has 2 rings (SSSR count). The maximum atomic E-state index is 10.5. The lowest BCUT2D eigenvalue weighted by atomic mass is 10.3. The highest BCUT2D eigenvalue weighted by atomic mass is 79.9. The second kappa shape index (κ2) is 5.50. The summed E-state index contributed by atoms with van der Waals surface area (Å²) in [6.07, 6.45) is 2.79. The lowest BCUT2D eigenvalue weighted by Crippen LogP contribution is -2.04. The lowest BCUT2D eigenvalue weighted by Gasteiger charge is -2.06. The monoisotopic (exact) mass is 309 g/mol. The predicted molar refractivity (Wildman–Crippen MR) is 68.0 cm³/mol. The van der Waals surface area contributed by atoms with Crippen molar-refractivity contribution in [2.45, 2.75) is 6.54 Å². The summed E-state index contributed by atoms with van der Waals surface area (Å²) in [5.41, 5.74) is 0.691. The van der Waals surface area contributed by atoms with Crippen molar-refractivity contribution in [2.75, 3.05) is 5.32 Å². The number of hydrogen-bond donors (Lipinski definition) is 1. The first-order chi connectivity index (χ1) is 8.66. The molecular formula is C10H8BrN5O2. The molecule has 2 aromatic rings. The molecule has 0 aliphatic rings. The molecular weight excluding hydrogens is 302 g/mol. The molecule has 0 amide bonds. The van der Waals surface area contributed by atoms with Crippen LogP contribution in [-0.4, -0.2) is 20.1 Å². The largest absolute Gasteiger partial charge is 0.363 e. The molecule has 0 spiro atoms. The number of halogens is 1. The van der Waals surface area contributed by atoms with Gasteiger partial charge in [0.05, 0.1) is 21.6 Å². The third kappa shape index (κ3) is 2.98. The molecule has 0 fully saturated rings. The number of nitrogens with zero attached hydrogens (tertiary/aromatic N) is 4. The second-order valence-electron chi connectivity index (χ2n) is 3.35. The van der Waals surface area contributed by atoms with E-state index in [1.165, 1.54) is 12.3 Å². The van der Waals surface area contributed by atoms with Gasteiger partial charge in [0.2, 0.25) is 0 Å². The highest BCUT2D eigenvalue weighted by Gasteiger charge is 2.10. The molecule has 0 aromatic carbocycles. The van der Waals surface area contributed by atoms with E-state index in [1.807, 2.05) is 6.07 Å². The Balaban J connectivity index is 2.08. The van der Waals surface area contributed by atoms with Crippen LogP contribution >= 0.6 is 15.9 Å². The van der Waals surface area contributed by atoms with Crippen molar-refractivity contribution >= 4 is 27.4 Å². The summed E-state index contributed by atoms with van der Waals surface area (Å²) in [5.74, 6) is 0.520. The van der Waals surface area contributed by atoms with Crippen LogP contribution < -0.4 is 5.32 Å². The average Bonchev–Trinajstić information content (AvgIpc) is 2.38. The Hall–Kier alpha value is -2.09. The highest BCUT2D eigenvalue weighted by Crippen LogP contribution is 2.24. The molecule has 2 heterocycles. The Morgan fingerprint density at radius 1 is 1.50 bits per heavy atom. The fourth-order valence-electron chi connectivity index (χ4n) is 1.26. The zero-order chi connectivity index (χ0) is 13.0. The maximum absolute atomic E-state index is 10.5. The molecule has 7 nitrogen and oxygen atoms in total. The van der Waals surface area contributed by atoms with Gasteiger partial charge in [0, 0.05) is 12.3 Å². The summed E-state index contributed by atoms with van der Waals surface area (Å²) < 4.78 is 0.528. The van der Waals surface area contributed by atoms with Gasteiger partial charge in [0.25, 0.3) is 5.69 Å². The molecule has 2 aromatic heterocycles. The van der Waals surface area contributed by atoms with Gasteiger partial charge in [-0.3, -0.25) is 10.1 Å². The van der Waals surface area contributed by atoms with Gasteiger partial charge in [-0.25, -0.2) is 4.98 Å². The van der Waals surface area contributed by atoms with E-state index >= 15 is 0 Å². The Kier molecular flexibility index (Phi) is 3.78. The summed E-state index contributed by atoms with van der Waals surface area (Å²) in [5, 5.41) is 21.2. The van der Waals surface area contributed by atoms with Crippen molar-refractivity contribution in [3.05, 3.63) is 50.9 Å². The van der Waals surface area contributed by atoms with E-state index in [2.05, 4.69) is 36.4 Å². The summed E-state index contributed by atoms with van der Waals surface area (Å²) in [4.78, 5) is 14.0. The van der Waals surface area contributed by atoms with Crippen molar-refractivity contribution in [3.8, 4) is 0 Å². The first-order valence-corrected chi connectivity index (χ1v) is 5.76. The van der Waals surface area contributed by atoms with Gasteiger partial charge in [-0.2, -0.15) is 10.2 Å². The fraction of sp³-hybridized carbons (Fsp3) is 0.100. The SMILES string of the molecule is O=[N+]([O-])c1cnc(NCc2cccnn2)c(Br)c1. The first-order valence-electron chi connectivity index (χ1n) is 4.97. The number of anilines is 1. The van der Waals surface area contributed by atoms with Gasteiger partial charge < -0.3 is 5.32 Å². The Labute approximate surface area is 111 Å². The van der Waals surface area contributed by atoms with Crippen LogP contribution in [0, 0.1) is 10.1 Å². The Morgan fingerprint density at radius 3 is 2.94 bits per heavy atom. The minimum atomic E-state index is -0.496. The zero-order valence-corrected chi connectivity index (χ0v) is 10.7. The summed E-state index contributed by atoms with van der Waals surface area (Å²) in [6, 6.07) is 4.99. The van der Waals surface area contributed by atoms with Crippen LogP contribution in [0.5, 0.6) is 0 Å². The molecule has 0 atom stereocenters. The van der Waals surface area contributed by atoms with Crippen molar-refractivity contribution in [1.29, 1.82) is 0 Å². The number of nitro groups is 1. The molecule has 0 bridgehead atoms. The highest BCUT2D eigenvalue weighted by molar-refractivity contribution is 9.10. The van der Waals surface area contributed by atoms with Crippen LogP contribution in [0.25, 0.3) is 0 Å². The van der Waals surface area contributed by atoms with E-state index in [-0.39, 0.29) is 5.69 Å². The zero-order valence-electron chi connectivity index (χ0n) is 9.08. The third-order valence-electron chi connectivity index (χ3n) is 2.10. The molecule has 8 heteroatoms. The third-order valence-corrected chi connectivity index (χ3v) is 2.71. The van der Waals surface area contributed by atoms with Crippen molar-refractivity contribution in [3.63, 3.8) is 0 Å². The lowest BCUT2D eigenvalue weighted by molar-refractivity contribution is -0.385. The molecule has 1 N–H and O–H groups in total. The average molecular weight is 310 g/mol. The number of hydrogen-bond acceptors (Lipinski definition) is 6. The number of nitrogens with one attached hydrogen (secondary N) is 1. The summed E-state index contributed by atoms with van der Waals surface area (Å²) >= 11 is 3.22. The minimum absolute atomic E-state index is 0.0630. The van der Waals surface area contributed by atoms with E-state index in [1.54, 1.807) is 12.3 Å². The normalized spacial score (nSPS) is 10.1. The molecule has 0 saturated heterocycles. The molecule has 0 aliphatic carbocycles. The van der Waals surface area contributed by atoms with E-state index in [4.69, 9.17) is 0 Å². The smallest absolute Gasteiger partial charge is 0.288 e. The van der Waals surface area contributed by atoms with Crippen molar-refractivity contribution < 1.29 is 4.92 Å². The standard InChI is InChI=1S/C10H8BrN5O2/c11-9-4-8(16(17)18)6-13-10(9)12-5-7-2-1-3-14-15-7/h1-4,6H,5H2,(H,12,13). The number of rotatable bonds is 4. The van der Waals surface area contributed by atoms with E-state index < -0.39 is 4.92 Å². The Morgan fingerprint density at radius 2 is 2.33 bits per heavy atom. The molecule has 92 valence electrons. The first kappa shape index (κ1) is 12.4. The number of aromatic nitrogens is 3. The van der Waals surface area contributed by atoms with Crippen molar-refractivity contribution in [1.82, 2.24) is 15.2 Å². The predicted octanol–water partition coefficient (Wildman–Crippen LogP) is 2.15. The van der Waals surface area contributed by atoms with Gasteiger partial charge in [-0.05, 0) is 28.1 Å². The quantitative estimate of drug-likeness (QED) is 0.687. The van der Waals surface area contributed by atoms with Gasteiger partial charge in [0.15, 0.2) is 0 Å². The Bertz CT molecular complexity index is 563. The molecule has 18 heavy (non-hydrogen) atoms. The molecule has 0 unspecified atom stereocenters. The topological polar surface area (TPSA) is 93.8 Å². The van der Waals surface area contributed by atoms with Crippen LogP contribution in [0.15, 0.2) is 35.1 Å². The molecule has 0 aliphatic heterocycles. The van der Waals surface area contributed by atoms with E-state index in [9.17, 15) is 10.1 Å². The van der Waals surface area contributed by atoms with Crippen LogP contribution in [0.1, 0.15) is 5.69 Å². The molecule has 0 saturated carbocycles.